The monoisotopic (exact) mass is 275 g/mol. The van der Waals surface area contributed by atoms with Crippen LogP contribution in [0.1, 0.15) is 6.42 Å². The topological polar surface area (TPSA) is 37.4 Å². The first-order valence-corrected chi connectivity index (χ1v) is 6.58. The molecule has 20 heavy (non-hydrogen) atoms. The molecule has 1 aromatic carbocycles. The first-order valence-electron chi connectivity index (χ1n) is 6.58. The van der Waals surface area contributed by atoms with Crippen molar-refractivity contribution in [3.63, 3.8) is 0 Å². The highest BCUT2D eigenvalue weighted by Crippen LogP contribution is 2.53. The molecule has 0 aromatic heterocycles. The number of carbonyl (C=O) groups excluding carboxylic acids is 2. The summed E-state index contributed by atoms with van der Waals surface area (Å²) in [5, 5.41) is 0. The maximum absolute atomic E-state index is 13.3. The van der Waals surface area contributed by atoms with Gasteiger partial charge < -0.3 is 0 Å². The van der Waals surface area contributed by atoms with Gasteiger partial charge in [0.2, 0.25) is 11.8 Å². The van der Waals surface area contributed by atoms with Gasteiger partial charge in [-0.2, -0.15) is 0 Å². The van der Waals surface area contributed by atoms with Crippen molar-refractivity contribution >= 4 is 17.5 Å². The van der Waals surface area contributed by atoms with E-state index in [1.807, 2.05) is 12.2 Å². The first-order chi connectivity index (χ1) is 9.56. The van der Waals surface area contributed by atoms with E-state index >= 15 is 0 Å². The van der Waals surface area contributed by atoms with Crippen molar-refractivity contribution < 1.29 is 18.4 Å². The van der Waals surface area contributed by atoms with Crippen LogP contribution in [0.5, 0.6) is 0 Å². The molecule has 1 aromatic rings. The third-order valence-corrected chi connectivity index (χ3v) is 4.58. The smallest absolute Gasteiger partial charge is 0.238 e. The van der Waals surface area contributed by atoms with Crippen LogP contribution in [-0.4, -0.2) is 11.8 Å². The molecule has 3 nitrogen and oxygen atoms in total. The predicted molar refractivity (Wildman–Crippen MR) is 66.6 cm³/mol. The Balaban J connectivity index is 1.78. The zero-order valence-electron chi connectivity index (χ0n) is 10.4. The molecule has 1 aliphatic heterocycles. The standard InChI is InChI=1S/C15H11F2NO2/c16-9-4-10(17)6-11(5-9)18-14(19)12-7-1-2-8(3-7)13(12)15(18)20/h1-2,4-8,12-13H,3H2. The van der Waals surface area contributed by atoms with Crippen LogP contribution in [0.4, 0.5) is 14.5 Å². The van der Waals surface area contributed by atoms with Crippen LogP contribution in [0, 0.1) is 35.3 Å². The molecule has 4 atom stereocenters. The molecule has 0 spiro atoms. The van der Waals surface area contributed by atoms with Crippen LogP contribution in [0.25, 0.3) is 0 Å². The lowest BCUT2D eigenvalue weighted by Crippen LogP contribution is -2.33. The van der Waals surface area contributed by atoms with Crippen LogP contribution >= 0.6 is 0 Å². The third kappa shape index (κ3) is 1.38. The van der Waals surface area contributed by atoms with Crippen LogP contribution in [0.15, 0.2) is 30.4 Å². The van der Waals surface area contributed by atoms with E-state index in [0.717, 1.165) is 29.5 Å². The number of imide groups is 1. The van der Waals surface area contributed by atoms with Crippen LogP contribution in [-0.2, 0) is 9.59 Å². The number of fused-ring (bicyclic) bond motifs is 5. The van der Waals surface area contributed by atoms with Gasteiger partial charge in [0, 0.05) is 6.07 Å². The maximum Gasteiger partial charge on any atom is 0.238 e. The molecule has 0 radical (unpaired) electrons. The molecule has 1 heterocycles. The molecule has 4 rings (SSSR count). The Morgan fingerprint density at radius 1 is 0.900 bits per heavy atom. The molecule has 2 bridgehead atoms. The molecule has 2 fully saturated rings. The molecule has 2 aliphatic carbocycles. The molecular weight excluding hydrogens is 264 g/mol. The SMILES string of the molecule is O=C1C2C3C=CC(C3)C2C(=O)N1c1cc(F)cc(F)c1. The summed E-state index contributed by atoms with van der Waals surface area (Å²) in [7, 11) is 0. The molecule has 0 N–H and O–H groups in total. The van der Waals surface area contributed by atoms with Crippen LogP contribution < -0.4 is 4.90 Å². The molecule has 4 unspecified atom stereocenters. The number of allylic oxidation sites excluding steroid dienone is 2. The predicted octanol–water partition coefficient (Wildman–Crippen LogP) is 2.28. The summed E-state index contributed by atoms with van der Waals surface area (Å²) in [6.45, 7) is 0. The maximum atomic E-state index is 13.3. The summed E-state index contributed by atoms with van der Waals surface area (Å²) in [6.07, 6.45) is 4.79. The molecule has 1 saturated heterocycles. The van der Waals surface area contributed by atoms with E-state index in [0.29, 0.717) is 0 Å². The summed E-state index contributed by atoms with van der Waals surface area (Å²) in [5.74, 6) is -2.79. The number of anilines is 1. The van der Waals surface area contributed by atoms with Gasteiger partial charge in [0.1, 0.15) is 11.6 Å². The quantitative estimate of drug-likeness (QED) is 0.582. The Labute approximate surface area is 113 Å². The van der Waals surface area contributed by atoms with E-state index in [-0.39, 0.29) is 41.2 Å². The van der Waals surface area contributed by atoms with Gasteiger partial charge in [0.25, 0.3) is 0 Å². The Kier molecular flexibility index (Phi) is 2.20. The summed E-state index contributed by atoms with van der Waals surface area (Å²) in [6, 6.07) is 2.77. The summed E-state index contributed by atoms with van der Waals surface area (Å²) in [5.41, 5.74) is -0.00806. The zero-order chi connectivity index (χ0) is 14.0. The first kappa shape index (κ1) is 11.8. The summed E-state index contributed by atoms with van der Waals surface area (Å²) < 4.78 is 26.6. The van der Waals surface area contributed by atoms with Gasteiger partial charge in [-0.25, -0.2) is 13.7 Å². The highest BCUT2D eigenvalue weighted by molar-refractivity contribution is 6.22. The Morgan fingerprint density at radius 2 is 1.40 bits per heavy atom. The minimum atomic E-state index is -0.793. The van der Waals surface area contributed by atoms with Crippen molar-refractivity contribution in [2.75, 3.05) is 4.90 Å². The third-order valence-electron chi connectivity index (χ3n) is 4.58. The second-order valence-electron chi connectivity index (χ2n) is 5.64. The number of halogens is 2. The van der Waals surface area contributed by atoms with Gasteiger partial charge in [-0.15, -0.1) is 0 Å². The average Bonchev–Trinajstić information content (AvgIpc) is 3.02. The fourth-order valence-corrected chi connectivity index (χ4v) is 3.83. The molecular formula is C15H11F2NO2. The van der Waals surface area contributed by atoms with Gasteiger partial charge in [0.05, 0.1) is 17.5 Å². The molecule has 3 aliphatic rings. The van der Waals surface area contributed by atoms with Crippen molar-refractivity contribution in [3.8, 4) is 0 Å². The van der Waals surface area contributed by atoms with Gasteiger partial charge in [-0.1, -0.05) is 12.2 Å². The second kappa shape index (κ2) is 3.75. The van der Waals surface area contributed by atoms with Crippen molar-refractivity contribution in [1.29, 1.82) is 0 Å². The Morgan fingerprint density at radius 3 is 1.90 bits per heavy atom. The van der Waals surface area contributed by atoms with Crippen molar-refractivity contribution in [2.45, 2.75) is 6.42 Å². The highest BCUT2D eigenvalue weighted by atomic mass is 19.1. The number of amides is 2. The van der Waals surface area contributed by atoms with Gasteiger partial charge in [0.15, 0.2) is 0 Å². The lowest BCUT2D eigenvalue weighted by molar-refractivity contribution is -0.123. The molecule has 2 amide bonds. The number of hydrogen-bond acceptors (Lipinski definition) is 2. The summed E-state index contributed by atoms with van der Waals surface area (Å²) in [4.78, 5) is 25.8. The Bertz CT molecular complexity index is 620. The van der Waals surface area contributed by atoms with E-state index in [4.69, 9.17) is 0 Å². The minimum Gasteiger partial charge on any atom is -0.274 e. The van der Waals surface area contributed by atoms with Crippen LogP contribution in [0.2, 0.25) is 0 Å². The van der Waals surface area contributed by atoms with E-state index in [2.05, 4.69) is 0 Å². The van der Waals surface area contributed by atoms with Crippen LogP contribution in [0.3, 0.4) is 0 Å². The van der Waals surface area contributed by atoms with E-state index in [9.17, 15) is 18.4 Å². The van der Waals surface area contributed by atoms with E-state index in [1.165, 1.54) is 0 Å². The van der Waals surface area contributed by atoms with Gasteiger partial charge in [-0.3, -0.25) is 9.59 Å². The Hall–Kier alpha value is -2.04. The second-order valence-corrected chi connectivity index (χ2v) is 5.64. The number of nitrogens with zero attached hydrogens (tertiary/aromatic N) is 1. The minimum absolute atomic E-state index is 0.00806. The number of benzene rings is 1. The molecule has 5 heteroatoms. The largest absolute Gasteiger partial charge is 0.274 e. The van der Waals surface area contributed by atoms with E-state index < -0.39 is 11.6 Å². The van der Waals surface area contributed by atoms with Crippen molar-refractivity contribution in [2.24, 2.45) is 23.7 Å². The van der Waals surface area contributed by atoms with E-state index in [1.54, 1.807) is 0 Å². The highest BCUT2D eigenvalue weighted by Gasteiger charge is 2.59. The molecule has 1 saturated carbocycles. The number of carbonyl (C=O) groups is 2. The lowest BCUT2D eigenvalue weighted by atomic mass is 9.85. The summed E-state index contributed by atoms with van der Waals surface area (Å²) >= 11 is 0. The van der Waals surface area contributed by atoms with Crippen molar-refractivity contribution in [3.05, 3.63) is 42.0 Å². The number of rotatable bonds is 1. The molecule has 102 valence electrons. The lowest BCUT2D eigenvalue weighted by Gasteiger charge is -2.17. The number of hydrogen-bond donors (Lipinski definition) is 0. The normalized spacial score (nSPS) is 34.2. The van der Waals surface area contributed by atoms with Crippen molar-refractivity contribution in [1.82, 2.24) is 0 Å². The van der Waals surface area contributed by atoms with Gasteiger partial charge >= 0.3 is 0 Å². The fraction of sp³-hybridized carbons (Fsp3) is 0.333. The average molecular weight is 275 g/mol. The van der Waals surface area contributed by atoms with Gasteiger partial charge in [-0.05, 0) is 30.4 Å². The zero-order valence-corrected chi connectivity index (χ0v) is 10.4. The fourth-order valence-electron chi connectivity index (χ4n) is 3.83.